The van der Waals surface area contributed by atoms with Gasteiger partial charge in [-0.2, -0.15) is 0 Å². The summed E-state index contributed by atoms with van der Waals surface area (Å²) in [5.74, 6) is 0.778. The maximum absolute atomic E-state index is 12.2. The molecule has 5 heteroatoms. The minimum atomic E-state index is -0.109. The van der Waals surface area contributed by atoms with Gasteiger partial charge in [0.25, 0.3) is 0 Å². The lowest BCUT2D eigenvalue weighted by Crippen LogP contribution is -2.58. The second-order valence-corrected chi connectivity index (χ2v) is 5.49. The zero-order valence-electron chi connectivity index (χ0n) is 11.2. The molecule has 2 amide bonds. The van der Waals surface area contributed by atoms with Crippen LogP contribution in [0.2, 0.25) is 0 Å². The van der Waals surface area contributed by atoms with E-state index in [-0.39, 0.29) is 17.7 Å². The molecule has 3 rings (SSSR count). The molecule has 1 N–H and O–H groups in total. The lowest BCUT2D eigenvalue weighted by Gasteiger charge is -2.48. The molecule has 1 aromatic heterocycles. The fourth-order valence-corrected chi connectivity index (χ4v) is 2.78. The summed E-state index contributed by atoms with van der Waals surface area (Å²) >= 11 is 0. The van der Waals surface area contributed by atoms with E-state index in [2.05, 4.69) is 5.32 Å². The standard InChI is InChI=1S/C14H20N2O3/c1-11(12-4-2-8-18-12)15-13(17)16-7-9-19-14(10-16)5-3-6-14/h2,4,8,11H,3,5-7,9-10H2,1H3,(H,15,17)/t11-/m0/s1. The van der Waals surface area contributed by atoms with Crippen molar-refractivity contribution in [2.75, 3.05) is 19.7 Å². The zero-order chi connectivity index (χ0) is 13.3. The lowest BCUT2D eigenvalue weighted by atomic mass is 9.79. The van der Waals surface area contributed by atoms with Gasteiger partial charge in [-0.15, -0.1) is 0 Å². The van der Waals surface area contributed by atoms with Crippen molar-refractivity contribution in [3.8, 4) is 0 Å². The Morgan fingerprint density at radius 2 is 2.37 bits per heavy atom. The summed E-state index contributed by atoms with van der Waals surface area (Å²) in [4.78, 5) is 14.1. The maximum atomic E-state index is 12.2. The zero-order valence-corrected chi connectivity index (χ0v) is 11.2. The third kappa shape index (κ3) is 2.47. The van der Waals surface area contributed by atoms with Gasteiger partial charge in [-0.25, -0.2) is 4.79 Å². The summed E-state index contributed by atoms with van der Waals surface area (Å²) in [6.45, 7) is 3.95. The topological polar surface area (TPSA) is 54.7 Å². The Bertz CT molecular complexity index is 440. The van der Waals surface area contributed by atoms with E-state index in [0.717, 1.165) is 18.6 Å². The molecule has 0 bridgehead atoms. The highest BCUT2D eigenvalue weighted by atomic mass is 16.5. The molecular formula is C14H20N2O3. The van der Waals surface area contributed by atoms with Gasteiger partial charge in [0.2, 0.25) is 0 Å². The summed E-state index contributed by atoms with van der Waals surface area (Å²) in [6.07, 6.45) is 4.98. The molecule has 5 nitrogen and oxygen atoms in total. The van der Waals surface area contributed by atoms with Gasteiger partial charge in [-0.3, -0.25) is 0 Å². The van der Waals surface area contributed by atoms with E-state index in [1.165, 1.54) is 6.42 Å². The number of furan rings is 1. The molecule has 1 saturated heterocycles. The highest BCUT2D eigenvalue weighted by Gasteiger charge is 2.43. The third-order valence-corrected chi connectivity index (χ3v) is 4.11. The van der Waals surface area contributed by atoms with Gasteiger partial charge < -0.3 is 19.4 Å². The van der Waals surface area contributed by atoms with Gasteiger partial charge in [-0.05, 0) is 38.3 Å². The molecule has 1 aliphatic carbocycles. The second-order valence-electron chi connectivity index (χ2n) is 5.49. The maximum Gasteiger partial charge on any atom is 0.318 e. The number of ether oxygens (including phenoxy) is 1. The van der Waals surface area contributed by atoms with Crippen LogP contribution in [0.1, 0.15) is 38.0 Å². The number of carbonyl (C=O) groups is 1. The van der Waals surface area contributed by atoms with Crippen molar-refractivity contribution in [1.29, 1.82) is 0 Å². The van der Waals surface area contributed by atoms with Crippen molar-refractivity contribution in [3.05, 3.63) is 24.2 Å². The number of hydrogen-bond donors (Lipinski definition) is 1. The van der Waals surface area contributed by atoms with E-state index in [4.69, 9.17) is 9.15 Å². The summed E-state index contributed by atoms with van der Waals surface area (Å²) in [6, 6.07) is 3.56. The summed E-state index contributed by atoms with van der Waals surface area (Å²) in [7, 11) is 0. The Morgan fingerprint density at radius 3 is 3.00 bits per heavy atom. The van der Waals surface area contributed by atoms with Crippen LogP contribution in [0.4, 0.5) is 4.79 Å². The highest BCUT2D eigenvalue weighted by Crippen LogP contribution is 2.38. The fraction of sp³-hybridized carbons (Fsp3) is 0.643. The molecule has 1 atom stereocenters. The van der Waals surface area contributed by atoms with E-state index in [1.807, 2.05) is 24.0 Å². The van der Waals surface area contributed by atoms with E-state index in [1.54, 1.807) is 6.26 Å². The molecule has 1 saturated carbocycles. The van der Waals surface area contributed by atoms with Gasteiger partial charge in [0.15, 0.2) is 0 Å². The average molecular weight is 264 g/mol. The Labute approximate surface area is 112 Å². The predicted molar refractivity (Wildman–Crippen MR) is 69.8 cm³/mol. The molecule has 0 aromatic carbocycles. The molecule has 1 aliphatic heterocycles. The number of nitrogens with one attached hydrogen (secondary N) is 1. The van der Waals surface area contributed by atoms with E-state index in [0.29, 0.717) is 19.7 Å². The quantitative estimate of drug-likeness (QED) is 0.891. The lowest BCUT2D eigenvalue weighted by molar-refractivity contribution is -0.141. The van der Waals surface area contributed by atoms with Gasteiger partial charge in [0.05, 0.1) is 31.1 Å². The van der Waals surface area contributed by atoms with E-state index < -0.39 is 0 Å². The summed E-state index contributed by atoms with van der Waals surface area (Å²) in [5, 5.41) is 2.98. The van der Waals surface area contributed by atoms with Crippen LogP contribution < -0.4 is 5.32 Å². The molecule has 2 heterocycles. The normalized spacial score (nSPS) is 22.9. The van der Waals surface area contributed by atoms with E-state index >= 15 is 0 Å². The van der Waals surface area contributed by atoms with Crippen molar-refractivity contribution < 1.29 is 13.9 Å². The highest BCUT2D eigenvalue weighted by molar-refractivity contribution is 5.74. The van der Waals surface area contributed by atoms with Crippen molar-refractivity contribution in [2.45, 2.75) is 37.8 Å². The van der Waals surface area contributed by atoms with Crippen LogP contribution in [-0.2, 0) is 4.74 Å². The van der Waals surface area contributed by atoms with E-state index in [9.17, 15) is 4.79 Å². The molecule has 104 valence electrons. The molecule has 2 aliphatic rings. The molecule has 1 spiro atoms. The fourth-order valence-electron chi connectivity index (χ4n) is 2.78. The molecule has 0 radical (unpaired) electrons. The number of hydrogen-bond acceptors (Lipinski definition) is 3. The predicted octanol–water partition coefficient (Wildman–Crippen LogP) is 2.31. The average Bonchev–Trinajstić information content (AvgIpc) is 2.91. The van der Waals surface area contributed by atoms with Gasteiger partial charge in [0.1, 0.15) is 5.76 Å². The number of morpholine rings is 1. The largest absolute Gasteiger partial charge is 0.467 e. The molecule has 1 aromatic rings. The number of rotatable bonds is 2. The number of carbonyl (C=O) groups excluding carboxylic acids is 1. The number of nitrogens with zero attached hydrogens (tertiary/aromatic N) is 1. The van der Waals surface area contributed by atoms with Crippen LogP contribution in [0, 0.1) is 0 Å². The second kappa shape index (κ2) is 4.89. The molecule has 19 heavy (non-hydrogen) atoms. The van der Waals surface area contributed by atoms with Gasteiger partial charge >= 0.3 is 6.03 Å². The minimum Gasteiger partial charge on any atom is -0.467 e. The Kier molecular flexibility index (Phi) is 3.22. The first-order valence-corrected chi connectivity index (χ1v) is 6.91. The minimum absolute atomic E-state index is 0.0292. The number of amides is 2. The van der Waals surface area contributed by atoms with Crippen LogP contribution in [0.5, 0.6) is 0 Å². The monoisotopic (exact) mass is 264 g/mol. The Balaban J connectivity index is 1.58. The summed E-state index contributed by atoms with van der Waals surface area (Å²) in [5.41, 5.74) is -0.0521. The van der Waals surface area contributed by atoms with Crippen molar-refractivity contribution in [2.24, 2.45) is 0 Å². The Morgan fingerprint density at radius 1 is 1.53 bits per heavy atom. The first-order valence-electron chi connectivity index (χ1n) is 6.91. The van der Waals surface area contributed by atoms with Gasteiger partial charge in [-0.1, -0.05) is 0 Å². The molecule has 0 unspecified atom stereocenters. The van der Waals surface area contributed by atoms with Crippen molar-refractivity contribution >= 4 is 6.03 Å². The van der Waals surface area contributed by atoms with Crippen LogP contribution in [0.15, 0.2) is 22.8 Å². The smallest absolute Gasteiger partial charge is 0.318 e. The Hall–Kier alpha value is -1.49. The van der Waals surface area contributed by atoms with Crippen molar-refractivity contribution in [3.63, 3.8) is 0 Å². The van der Waals surface area contributed by atoms with Crippen molar-refractivity contribution in [1.82, 2.24) is 10.2 Å². The van der Waals surface area contributed by atoms with Crippen LogP contribution in [0.3, 0.4) is 0 Å². The molecular weight excluding hydrogens is 244 g/mol. The summed E-state index contributed by atoms with van der Waals surface area (Å²) < 4.78 is 11.1. The van der Waals surface area contributed by atoms with Crippen LogP contribution in [0.25, 0.3) is 0 Å². The molecule has 2 fully saturated rings. The first kappa shape index (κ1) is 12.5. The first-order chi connectivity index (χ1) is 9.19. The van der Waals surface area contributed by atoms with Crippen LogP contribution >= 0.6 is 0 Å². The third-order valence-electron chi connectivity index (χ3n) is 4.11. The number of urea groups is 1. The van der Waals surface area contributed by atoms with Crippen LogP contribution in [-0.4, -0.2) is 36.2 Å². The SMILES string of the molecule is C[C@H](NC(=O)N1CCOC2(CCC2)C1)c1ccco1. The van der Waals surface area contributed by atoms with Gasteiger partial charge in [0, 0.05) is 6.54 Å².